The van der Waals surface area contributed by atoms with Crippen molar-refractivity contribution in [1.82, 2.24) is 0 Å². The molecule has 0 spiro atoms. The van der Waals surface area contributed by atoms with Gasteiger partial charge in [0.25, 0.3) is 0 Å². The molecule has 0 bridgehead atoms. The van der Waals surface area contributed by atoms with Crippen molar-refractivity contribution in [2.75, 3.05) is 12.5 Å². The summed E-state index contributed by atoms with van der Waals surface area (Å²) in [6, 6.07) is 2.38. The molecule has 13 heavy (non-hydrogen) atoms. The maximum absolute atomic E-state index is 12.9. The largest absolute Gasteiger partial charge is 0.489 e. The van der Waals surface area contributed by atoms with Gasteiger partial charge >= 0.3 is 0 Å². The summed E-state index contributed by atoms with van der Waals surface area (Å²) >= 11 is 8.35. The van der Waals surface area contributed by atoms with Gasteiger partial charge in [-0.15, -0.1) is 11.6 Å². The van der Waals surface area contributed by atoms with E-state index < -0.39 is 11.6 Å². The summed E-state index contributed by atoms with van der Waals surface area (Å²) in [6.07, 6.45) is 0. The summed E-state index contributed by atoms with van der Waals surface area (Å²) in [4.78, 5) is 0. The summed E-state index contributed by atoms with van der Waals surface area (Å²) < 4.78 is 31.0. The van der Waals surface area contributed by atoms with Crippen LogP contribution < -0.4 is 4.74 Å². The van der Waals surface area contributed by atoms with Crippen molar-refractivity contribution >= 4 is 27.5 Å². The zero-order valence-electron chi connectivity index (χ0n) is 6.49. The molecule has 0 N–H and O–H groups in total. The molecule has 0 aromatic heterocycles. The zero-order chi connectivity index (χ0) is 9.84. The summed E-state index contributed by atoms with van der Waals surface area (Å²) in [5.41, 5.74) is 0. The van der Waals surface area contributed by atoms with Gasteiger partial charge in [-0.05, 0) is 12.1 Å². The van der Waals surface area contributed by atoms with E-state index in [2.05, 4.69) is 15.9 Å². The molecule has 0 aliphatic rings. The van der Waals surface area contributed by atoms with Gasteiger partial charge in [-0.1, -0.05) is 15.9 Å². The fourth-order valence-electron chi connectivity index (χ4n) is 0.786. The van der Waals surface area contributed by atoms with Gasteiger partial charge in [-0.3, -0.25) is 0 Å². The van der Waals surface area contributed by atoms with Crippen LogP contribution in [0.1, 0.15) is 0 Å². The predicted octanol–water partition coefficient (Wildman–Crippen LogP) is 3.34. The second-order valence-corrected chi connectivity index (χ2v) is 3.53. The average Bonchev–Trinajstić information content (AvgIpc) is 2.09. The van der Waals surface area contributed by atoms with E-state index in [1.165, 1.54) is 6.07 Å². The maximum atomic E-state index is 12.9. The first-order valence-electron chi connectivity index (χ1n) is 3.48. The van der Waals surface area contributed by atoms with Crippen LogP contribution in [0.3, 0.4) is 0 Å². The van der Waals surface area contributed by atoms with Crippen molar-refractivity contribution in [2.45, 2.75) is 0 Å². The minimum atomic E-state index is -0.992. The quantitative estimate of drug-likeness (QED) is 0.605. The van der Waals surface area contributed by atoms with E-state index in [1.807, 2.05) is 0 Å². The van der Waals surface area contributed by atoms with Gasteiger partial charge in [0.1, 0.15) is 6.61 Å². The molecule has 0 saturated carbocycles. The first kappa shape index (κ1) is 10.7. The Morgan fingerprint density at radius 1 is 1.38 bits per heavy atom. The first-order chi connectivity index (χ1) is 6.15. The third kappa shape index (κ3) is 2.81. The third-order valence-electron chi connectivity index (χ3n) is 1.29. The van der Waals surface area contributed by atoms with Crippen molar-refractivity contribution in [3.05, 3.63) is 28.2 Å². The highest BCUT2D eigenvalue weighted by Crippen LogP contribution is 2.25. The molecule has 0 aliphatic carbocycles. The Balaban J connectivity index is 2.92. The second kappa shape index (κ2) is 4.77. The first-order valence-corrected chi connectivity index (χ1v) is 4.81. The Morgan fingerprint density at radius 2 is 2.08 bits per heavy atom. The Labute approximate surface area is 87.8 Å². The summed E-state index contributed by atoms with van der Waals surface area (Å²) in [5, 5.41) is 0. The minimum absolute atomic E-state index is 0.132. The van der Waals surface area contributed by atoms with E-state index in [9.17, 15) is 8.78 Å². The summed E-state index contributed by atoms with van der Waals surface area (Å²) in [7, 11) is 0. The number of hydrogen-bond acceptors (Lipinski definition) is 1. The monoisotopic (exact) mass is 270 g/mol. The molecule has 1 aromatic rings. The molecule has 0 heterocycles. The lowest BCUT2D eigenvalue weighted by Gasteiger charge is -2.05. The Bertz CT molecular complexity index is 306. The lowest BCUT2D eigenvalue weighted by atomic mass is 10.3. The van der Waals surface area contributed by atoms with Crippen molar-refractivity contribution in [3.63, 3.8) is 0 Å². The molecule has 1 rings (SSSR count). The standard InChI is InChI=1S/C8H6BrClF2O/c9-5-3-6(11)8(12)7(4-5)13-2-1-10/h3-4H,1-2H2. The SMILES string of the molecule is Fc1cc(Br)cc(OCCCl)c1F. The van der Waals surface area contributed by atoms with Crippen LogP contribution in [0.15, 0.2) is 16.6 Å². The number of hydrogen-bond donors (Lipinski definition) is 0. The van der Waals surface area contributed by atoms with Crippen LogP contribution >= 0.6 is 27.5 Å². The fourth-order valence-corrected chi connectivity index (χ4v) is 1.27. The van der Waals surface area contributed by atoms with E-state index >= 15 is 0 Å². The molecule has 5 heteroatoms. The van der Waals surface area contributed by atoms with Gasteiger partial charge in [0, 0.05) is 4.47 Å². The van der Waals surface area contributed by atoms with Gasteiger partial charge in [0.15, 0.2) is 11.6 Å². The normalized spacial score (nSPS) is 10.2. The van der Waals surface area contributed by atoms with Crippen molar-refractivity contribution in [3.8, 4) is 5.75 Å². The van der Waals surface area contributed by atoms with E-state index in [-0.39, 0.29) is 18.2 Å². The van der Waals surface area contributed by atoms with Gasteiger partial charge in [-0.2, -0.15) is 4.39 Å². The highest BCUT2D eigenvalue weighted by Gasteiger charge is 2.10. The lowest BCUT2D eigenvalue weighted by molar-refractivity contribution is 0.316. The molecule has 72 valence electrons. The summed E-state index contributed by atoms with van der Waals surface area (Å²) in [5.74, 6) is -1.84. The molecule has 1 nitrogen and oxygen atoms in total. The van der Waals surface area contributed by atoms with E-state index in [0.29, 0.717) is 4.47 Å². The number of rotatable bonds is 3. The maximum Gasteiger partial charge on any atom is 0.200 e. The molecule has 0 atom stereocenters. The smallest absolute Gasteiger partial charge is 0.200 e. The predicted molar refractivity (Wildman–Crippen MR) is 50.3 cm³/mol. The fraction of sp³-hybridized carbons (Fsp3) is 0.250. The van der Waals surface area contributed by atoms with Crippen molar-refractivity contribution in [2.24, 2.45) is 0 Å². The van der Waals surface area contributed by atoms with E-state index in [1.54, 1.807) is 0 Å². The number of benzene rings is 1. The van der Waals surface area contributed by atoms with Crippen molar-refractivity contribution < 1.29 is 13.5 Å². The van der Waals surface area contributed by atoms with Crippen LogP contribution in [0.25, 0.3) is 0 Å². The Morgan fingerprint density at radius 3 is 2.69 bits per heavy atom. The van der Waals surface area contributed by atoms with E-state index in [0.717, 1.165) is 6.07 Å². The van der Waals surface area contributed by atoms with Crippen LogP contribution in [-0.2, 0) is 0 Å². The molecule has 0 aliphatic heterocycles. The van der Waals surface area contributed by atoms with Gasteiger partial charge in [0.05, 0.1) is 5.88 Å². The summed E-state index contributed by atoms with van der Waals surface area (Å²) in [6.45, 7) is 0.147. The molecule has 0 unspecified atom stereocenters. The third-order valence-corrected chi connectivity index (χ3v) is 1.91. The van der Waals surface area contributed by atoms with Crippen LogP contribution in [0.5, 0.6) is 5.75 Å². The van der Waals surface area contributed by atoms with Crippen LogP contribution in [-0.4, -0.2) is 12.5 Å². The lowest BCUT2D eigenvalue weighted by Crippen LogP contribution is -2.01. The van der Waals surface area contributed by atoms with Crippen LogP contribution in [0, 0.1) is 11.6 Å². The topological polar surface area (TPSA) is 9.23 Å². The highest BCUT2D eigenvalue weighted by molar-refractivity contribution is 9.10. The van der Waals surface area contributed by atoms with Gasteiger partial charge in [-0.25, -0.2) is 4.39 Å². The molecule has 0 amide bonds. The molecule has 1 aromatic carbocycles. The van der Waals surface area contributed by atoms with Crippen LogP contribution in [0.2, 0.25) is 0 Å². The molecular formula is C8H6BrClF2O. The highest BCUT2D eigenvalue weighted by atomic mass is 79.9. The molecular weight excluding hydrogens is 265 g/mol. The molecule has 0 saturated heterocycles. The van der Waals surface area contributed by atoms with Gasteiger partial charge < -0.3 is 4.74 Å². The number of halogens is 4. The van der Waals surface area contributed by atoms with Crippen molar-refractivity contribution in [1.29, 1.82) is 0 Å². The minimum Gasteiger partial charge on any atom is -0.489 e. The van der Waals surface area contributed by atoms with E-state index in [4.69, 9.17) is 16.3 Å². The number of ether oxygens (including phenoxy) is 1. The second-order valence-electron chi connectivity index (χ2n) is 2.24. The average molecular weight is 271 g/mol. The zero-order valence-corrected chi connectivity index (χ0v) is 8.83. The number of alkyl halides is 1. The molecule has 0 fully saturated rings. The Kier molecular flexibility index (Phi) is 3.93. The van der Waals surface area contributed by atoms with Crippen LogP contribution in [0.4, 0.5) is 8.78 Å². The molecule has 0 radical (unpaired) electrons. The Hall–Kier alpha value is -0.350. The van der Waals surface area contributed by atoms with Gasteiger partial charge in [0.2, 0.25) is 5.82 Å².